The molecule has 3 heteroatoms. The molecule has 1 aromatic rings. The first-order valence-corrected chi connectivity index (χ1v) is 4.84. The normalized spacial score (nSPS) is 20.4. The predicted octanol–water partition coefficient (Wildman–Crippen LogP) is 3.37. The molecule has 0 saturated carbocycles. The van der Waals surface area contributed by atoms with Gasteiger partial charge in [0.1, 0.15) is 0 Å². The smallest absolute Gasteiger partial charge is 0.263 e. The highest BCUT2D eigenvalue weighted by Crippen LogP contribution is 2.29. The number of fused-ring (bicyclic) bond motifs is 1. The van der Waals surface area contributed by atoms with Gasteiger partial charge in [0, 0.05) is 17.3 Å². The molecule has 0 aliphatic carbocycles. The van der Waals surface area contributed by atoms with Gasteiger partial charge in [-0.25, -0.2) is 8.78 Å². The van der Waals surface area contributed by atoms with Crippen LogP contribution in [0.5, 0.6) is 0 Å². The molecule has 0 amide bonds. The number of hydrogen-bond acceptors (Lipinski definition) is 1. The first-order chi connectivity index (χ1) is 6.66. The number of alkyl halides is 2. The number of rotatable bonds is 1. The summed E-state index contributed by atoms with van der Waals surface area (Å²) in [5.41, 5.74) is 2.12. The Morgan fingerprint density at radius 2 is 2.21 bits per heavy atom. The Kier molecular flexibility index (Phi) is 2.40. The minimum atomic E-state index is -2.38. The lowest BCUT2D eigenvalue weighted by Gasteiger charge is -2.24. The van der Waals surface area contributed by atoms with Crippen LogP contribution in [0.25, 0.3) is 0 Å². The number of halogens is 2. The quantitative estimate of drug-likeness (QED) is 0.727. The summed E-state index contributed by atoms with van der Waals surface area (Å²) >= 11 is 0. The zero-order valence-corrected chi connectivity index (χ0v) is 8.06. The maximum Gasteiger partial charge on any atom is 0.263 e. The van der Waals surface area contributed by atoms with Gasteiger partial charge in [-0.15, -0.1) is 0 Å². The van der Waals surface area contributed by atoms with Gasteiger partial charge in [-0.3, -0.25) is 0 Å². The van der Waals surface area contributed by atoms with Crippen LogP contribution in [0.15, 0.2) is 18.2 Å². The third-order valence-corrected chi connectivity index (χ3v) is 2.63. The van der Waals surface area contributed by atoms with E-state index < -0.39 is 6.43 Å². The zero-order chi connectivity index (χ0) is 10.1. The molecule has 0 radical (unpaired) electrons. The molecular formula is C11H13F2N. The fourth-order valence-corrected chi connectivity index (χ4v) is 1.79. The number of aryl methyl sites for hydroxylation is 1. The van der Waals surface area contributed by atoms with Gasteiger partial charge in [0.05, 0.1) is 0 Å². The summed E-state index contributed by atoms with van der Waals surface area (Å²) in [5, 5.41) is 3.22. The Morgan fingerprint density at radius 1 is 1.43 bits per heavy atom. The molecule has 1 aliphatic rings. The van der Waals surface area contributed by atoms with Crippen LogP contribution in [-0.2, 0) is 6.42 Å². The molecule has 1 aromatic carbocycles. The first kappa shape index (κ1) is 9.44. The third-order valence-electron chi connectivity index (χ3n) is 2.63. The van der Waals surface area contributed by atoms with Crippen LogP contribution in [0.4, 0.5) is 14.5 Å². The Labute approximate surface area is 82.1 Å². The van der Waals surface area contributed by atoms with E-state index in [4.69, 9.17) is 0 Å². The summed E-state index contributed by atoms with van der Waals surface area (Å²) in [6.45, 7) is 2.07. The molecule has 1 heterocycles. The van der Waals surface area contributed by atoms with Crippen molar-refractivity contribution in [2.24, 2.45) is 0 Å². The topological polar surface area (TPSA) is 12.0 Å². The van der Waals surface area contributed by atoms with Crippen molar-refractivity contribution in [2.75, 3.05) is 5.32 Å². The second-order valence-electron chi connectivity index (χ2n) is 3.80. The van der Waals surface area contributed by atoms with E-state index in [-0.39, 0.29) is 5.56 Å². The lowest BCUT2D eigenvalue weighted by molar-refractivity contribution is 0.151. The monoisotopic (exact) mass is 197 g/mol. The van der Waals surface area contributed by atoms with Crippen LogP contribution in [0.3, 0.4) is 0 Å². The molecule has 1 aliphatic heterocycles. The third kappa shape index (κ3) is 1.72. The van der Waals surface area contributed by atoms with Crippen LogP contribution in [0.1, 0.15) is 30.9 Å². The number of hydrogen-bond donors (Lipinski definition) is 1. The molecule has 0 aromatic heterocycles. The molecule has 1 nitrogen and oxygen atoms in total. The average molecular weight is 197 g/mol. The average Bonchev–Trinajstić information content (AvgIpc) is 2.16. The van der Waals surface area contributed by atoms with Gasteiger partial charge >= 0.3 is 0 Å². The van der Waals surface area contributed by atoms with Crippen molar-refractivity contribution in [1.29, 1.82) is 0 Å². The van der Waals surface area contributed by atoms with Crippen molar-refractivity contribution >= 4 is 5.69 Å². The fraction of sp³-hybridized carbons (Fsp3) is 0.455. The highest BCUT2D eigenvalue weighted by atomic mass is 19.3. The van der Waals surface area contributed by atoms with E-state index in [0.717, 1.165) is 24.1 Å². The molecule has 76 valence electrons. The van der Waals surface area contributed by atoms with Crippen LogP contribution < -0.4 is 5.32 Å². The van der Waals surface area contributed by atoms with E-state index >= 15 is 0 Å². The van der Waals surface area contributed by atoms with Crippen LogP contribution in [0.2, 0.25) is 0 Å². The second-order valence-corrected chi connectivity index (χ2v) is 3.80. The summed E-state index contributed by atoms with van der Waals surface area (Å²) in [5.74, 6) is 0. The minimum absolute atomic E-state index is 0.102. The minimum Gasteiger partial charge on any atom is -0.382 e. The largest absolute Gasteiger partial charge is 0.382 e. The Balaban J connectivity index is 2.33. The summed E-state index contributed by atoms with van der Waals surface area (Å²) in [7, 11) is 0. The number of benzene rings is 1. The molecule has 0 saturated heterocycles. The van der Waals surface area contributed by atoms with Gasteiger partial charge in [0.15, 0.2) is 0 Å². The maximum absolute atomic E-state index is 12.4. The second kappa shape index (κ2) is 3.56. The summed E-state index contributed by atoms with van der Waals surface area (Å²) in [6, 6.07) is 5.27. The predicted molar refractivity (Wildman–Crippen MR) is 52.8 cm³/mol. The van der Waals surface area contributed by atoms with Gasteiger partial charge in [0.25, 0.3) is 6.43 Å². The van der Waals surface area contributed by atoms with Crippen LogP contribution >= 0.6 is 0 Å². The number of anilines is 1. The summed E-state index contributed by atoms with van der Waals surface area (Å²) < 4.78 is 24.8. The zero-order valence-electron chi connectivity index (χ0n) is 8.06. The van der Waals surface area contributed by atoms with Crippen molar-refractivity contribution in [2.45, 2.75) is 32.2 Å². The molecule has 1 N–H and O–H groups in total. The van der Waals surface area contributed by atoms with Crippen molar-refractivity contribution < 1.29 is 8.78 Å². The lowest BCUT2D eigenvalue weighted by Crippen LogP contribution is -2.21. The SMILES string of the molecule is CC1CCc2ccc(C(F)F)cc2N1. The molecule has 2 rings (SSSR count). The highest BCUT2D eigenvalue weighted by Gasteiger charge is 2.16. The molecule has 0 bridgehead atoms. The van der Waals surface area contributed by atoms with E-state index in [1.54, 1.807) is 12.1 Å². The van der Waals surface area contributed by atoms with E-state index in [1.807, 2.05) is 0 Å². The van der Waals surface area contributed by atoms with E-state index in [0.29, 0.717) is 6.04 Å². The highest BCUT2D eigenvalue weighted by molar-refractivity contribution is 5.55. The van der Waals surface area contributed by atoms with Crippen molar-refractivity contribution in [3.63, 3.8) is 0 Å². The number of nitrogens with one attached hydrogen (secondary N) is 1. The Bertz CT molecular complexity index is 336. The van der Waals surface area contributed by atoms with Crippen LogP contribution in [-0.4, -0.2) is 6.04 Å². The van der Waals surface area contributed by atoms with Crippen molar-refractivity contribution in [3.05, 3.63) is 29.3 Å². The van der Waals surface area contributed by atoms with Gasteiger partial charge in [-0.05, 0) is 31.4 Å². The van der Waals surface area contributed by atoms with Crippen LogP contribution in [0, 0.1) is 0 Å². The summed E-state index contributed by atoms with van der Waals surface area (Å²) in [6.07, 6.45) is -0.326. The fourth-order valence-electron chi connectivity index (χ4n) is 1.79. The van der Waals surface area contributed by atoms with Crippen molar-refractivity contribution in [3.8, 4) is 0 Å². The summed E-state index contributed by atoms with van der Waals surface area (Å²) in [4.78, 5) is 0. The molecule has 0 spiro atoms. The standard InChI is InChI=1S/C11H13F2N/c1-7-2-3-8-4-5-9(11(12)13)6-10(8)14-7/h4-7,11,14H,2-3H2,1H3. The molecular weight excluding hydrogens is 184 g/mol. The van der Waals surface area contributed by atoms with E-state index in [9.17, 15) is 8.78 Å². The maximum atomic E-state index is 12.4. The van der Waals surface area contributed by atoms with Crippen molar-refractivity contribution in [1.82, 2.24) is 0 Å². The Hall–Kier alpha value is -1.12. The van der Waals surface area contributed by atoms with E-state index in [2.05, 4.69) is 12.2 Å². The molecule has 1 unspecified atom stereocenters. The Morgan fingerprint density at radius 3 is 2.93 bits per heavy atom. The van der Waals surface area contributed by atoms with Gasteiger partial charge in [-0.2, -0.15) is 0 Å². The first-order valence-electron chi connectivity index (χ1n) is 4.84. The van der Waals surface area contributed by atoms with E-state index in [1.165, 1.54) is 6.07 Å². The van der Waals surface area contributed by atoms with Gasteiger partial charge in [-0.1, -0.05) is 12.1 Å². The molecule has 14 heavy (non-hydrogen) atoms. The lowest BCUT2D eigenvalue weighted by atomic mass is 9.97. The molecule has 0 fully saturated rings. The van der Waals surface area contributed by atoms with Gasteiger partial charge in [0.2, 0.25) is 0 Å². The van der Waals surface area contributed by atoms with Gasteiger partial charge < -0.3 is 5.32 Å². The molecule has 1 atom stereocenters.